The largest absolute Gasteiger partial charge is 0.359 e. The highest BCUT2D eigenvalue weighted by Gasteiger charge is 2.15. The number of piperidine rings is 1. The maximum absolute atomic E-state index is 11.0. The van der Waals surface area contributed by atoms with Crippen LogP contribution in [0.15, 0.2) is 0 Å². The summed E-state index contributed by atoms with van der Waals surface area (Å²) in [4.78, 5) is 13.3. The van der Waals surface area contributed by atoms with E-state index >= 15 is 0 Å². The standard InChI is InChI=1S/C10H21N3O/c1-12-10(14)5-3-7-13-6-2-4-9(11)8-13/h9H,2-8,11H2,1H3,(H,12,14)/t9-/m1/s1. The number of hydrogen-bond donors (Lipinski definition) is 2. The summed E-state index contributed by atoms with van der Waals surface area (Å²) in [6.07, 6.45) is 3.90. The van der Waals surface area contributed by atoms with Crippen molar-refractivity contribution in [1.29, 1.82) is 0 Å². The molecule has 1 heterocycles. The predicted octanol–water partition coefficient (Wildman–Crippen LogP) is -0.0643. The zero-order valence-corrected chi connectivity index (χ0v) is 8.96. The molecular formula is C10H21N3O. The molecule has 0 spiro atoms. The number of hydrogen-bond acceptors (Lipinski definition) is 3. The maximum Gasteiger partial charge on any atom is 0.219 e. The highest BCUT2D eigenvalue weighted by molar-refractivity contribution is 5.75. The summed E-state index contributed by atoms with van der Waals surface area (Å²) in [5.74, 6) is 0.131. The third kappa shape index (κ3) is 4.07. The highest BCUT2D eigenvalue weighted by atomic mass is 16.1. The molecule has 4 nitrogen and oxygen atoms in total. The number of carbonyl (C=O) groups is 1. The minimum atomic E-state index is 0.131. The first-order chi connectivity index (χ1) is 6.72. The Balaban J connectivity index is 2.08. The third-order valence-electron chi connectivity index (χ3n) is 2.70. The number of amides is 1. The molecule has 4 heteroatoms. The number of nitrogens with one attached hydrogen (secondary N) is 1. The highest BCUT2D eigenvalue weighted by Crippen LogP contribution is 2.08. The van der Waals surface area contributed by atoms with Gasteiger partial charge in [-0.05, 0) is 32.4 Å². The van der Waals surface area contributed by atoms with Gasteiger partial charge in [0, 0.05) is 26.1 Å². The zero-order chi connectivity index (χ0) is 10.4. The number of rotatable bonds is 4. The molecule has 0 bridgehead atoms. The molecule has 14 heavy (non-hydrogen) atoms. The van der Waals surface area contributed by atoms with Crippen molar-refractivity contribution in [3.05, 3.63) is 0 Å². The van der Waals surface area contributed by atoms with Crippen LogP contribution in [0, 0.1) is 0 Å². The van der Waals surface area contributed by atoms with E-state index in [9.17, 15) is 4.79 Å². The minimum absolute atomic E-state index is 0.131. The number of likely N-dealkylation sites (tertiary alicyclic amines) is 1. The van der Waals surface area contributed by atoms with Crippen LogP contribution >= 0.6 is 0 Å². The molecule has 0 aromatic rings. The molecule has 1 amide bonds. The molecule has 0 radical (unpaired) electrons. The molecule has 1 saturated heterocycles. The summed E-state index contributed by atoms with van der Waals surface area (Å²) in [5.41, 5.74) is 5.86. The van der Waals surface area contributed by atoms with Gasteiger partial charge in [0.1, 0.15) is 0 Å². The van der Waals surface area contributed by atoms with Crippen LogP contribution in [0.4, 0.5) is 0 Å². The molecule has 0 unspecified atom stereocenters. The second-order valence-electron chi connectivity index (χ2n) is 3.98. The van der Waals surface area contributed by atoms with Crippen molar-refractivity contribution in [3.63, 3.8) is 0 Å². The summed E-state index contributed by atoms with van der Waals surface area (Å²) >= 11 is 0. The van der Waals surface area contributed by atoms with Gasteiger partial charge in [-0.25, -0.2) is 0 Å². The van der Waals surface area contributed by atoms with E-state index in [0.29, 0.717) is 12.5 Å². The Bertz CT molecular complexity index is 184. The van der Waals surface area contributed by atoms with Crippen LogP contribution in [-0.4, -0.2) is 43.5 Å². The third-order valence-corrected chi connectivity index (χ3v) is 2.70. The fourth-order valence-electron chi connectivity index (χ4n) is 1.88. The van der Waals surface area contributed by atoms with Crippen LogP contribution in [-0.2, 0) is 4.79 Å². The van der Waals surface area contributed by atoms with Gasteiger partial charge in [-0.1, -0.05) is 0 Å². The summed E-state index contributed by atoms with van der Waals surface area (Å²) < 4.78 is 0. The van der Waals surface area contributed by atoms with E-state index in [4.69, 9.17) is 5.73 Å². The smallest absolute Gasteiger partial charge is 0.219 e. The maximum atomic E-state index is 11.0. The topological polar surface area (TPSA) is 58.4 Å². The van der Waals surface area contributed by atoms with Gasteiger partial charge >= 0.3 is 0 Å². The summed E-state index contributed by atoms with van der Waals surface area (Å²) in [6, 6.07) is 0.337. The second-order valence-corrected chi connectivity index (χ2v) is 3.98. The van der Waals surface area contributed by atoms with Crippen molar-refractivity contribution in [2.45, 2.75) is 31.7 Å². The lowest BCUT2D eigenvalue weighted by atomic mass is 10.1. The van der Waals surface area contributed by atoms with Crippen molar-refractivity contribution in [3.8, 4) is 0 Å². The van der Waals surface area contributed by atoms with Crippen molar-refractivity contribution < 1.29 is 4.79 Å². The van der Waals surface area contributed by atoms with Crippen LogP contribution in [0.3, 0.4) is 0 Å². The van der Waals surface area contributed by atoms with Gasteiger partial charge in [0.15, 0.2) is 0 Å². The predicted molar refractivity (Wildman–Crippen MR) is 57.0 cm³/mol. The average Bonchev–Trinajstić information content (AvgIpc) is 2.17. The van der Waals surface area contributed by atoms with Crippen LogP contribution in [0.25, 0.3) is 0 Å². The van der Waals surface area contributed by atoms with E-state index < -0.39 is 0 Å². The molecule has 0 aromatic heterocycles. The van der Waals surface area contributed by atoms with Crippen molar-refractivity contribution in [1.82, 2.24) is 10.2 Å². The molecule has 1 aliphatic rings. The fraction of sp³-hybridized carbons (Fsp3) is 0.900. The normalized spacial score (nSPS) is 23.4. The summed E-state index contributed by atoms with van der Waals surface area (Å²) in [6.45, 7) is 3.14. The zero-order valence-electron chi connectivity index (χ0n) is 8.96. The van der Waals surface area contributed by atoms with Gasteiger partial charge in [0.25, 0.3) is 0 Å². The van der Waals surface area contributed by atoms with E-state index in [1.54, 1.807) is 7.05 Å². The monoisotopic (exact) mass is 199 g/mol. The molecule has 82 valence electrons. The molecule has 1 fully saturated rings. The van der Waals surface area contributed by atoms with E-state index in [1.807, 2.05) is 0 Å². The van der Waals surface area contributed by atoms with Crippen molar-refractivity contribution in [2.24, 2.45) is 5.73 Å². The number of carbonyl (C=O) groups excluding carboxylic acids is 1. The second kappa shape index (κ2) is 5.98. The molecule has 3 N–H and O–H groups in total. The van der Waals surface area contributed by atoms with Crippen molar-refractivity contribution >= 4 is 5.91 Å². The van der Waals surface area contributed by atoms with Gasteiger partial charge in [-0.3, -0.25) is 4.79 Å². The van der Waals surface area contributed by atoms with Crippen LogP contribution in [0.2, 0.25) is 0 Å². The SMILES string of the molecule is CNC(=O)CCCN1CCC[C@@H](N)C1. The first kappa shape index (κ1) is 11.5. The van der Waals surface area contributed by atoms with Crippen LogP contribution < -0.4 is 11.1 Å². The Labute approximate surface area is 85.8 Å². The first-order valence-corrected chi connectivity index (χ1v) is 5.41. The summed E-state index contributed by atoms with van der Waals surface area (Å²) in [7, 11) is 1.68. The van der Waals surface area contributed by atoms with Crippen molar-refractivity contribution in [2.75, 3.05) is 26.7 Å². The molecular weight excluding hydrogens is 178 g/mol. The van der Waals surface area contributed by atoms with E-state index in [0.717, 1.165) is 32.5 Å². The lowest BCUT2D eigenvalue weighted by molar-refractivity contribution is -0.120. The van der Waals surface area contributed by atoms with Crippen LogP contribution in [0.1, 0.15) is 25.7 Å². The van der Waals surface area contributed by atoms with Crippen LogP contribution in [0.5, 0.6) is 0 Å². The number of nitrogens with two attached hydrogens (primary N) is 1. The fourth-order valence-corrected chi connectivity index (χ4v) is 1.88. The van der Waals surface area contributed by atoms with E-state index in [-0.39, 0.29) is 5.91 Å². The quantitative estimate of drug-likeness (QED) is 0.666. The van der Waals surface area contributed by atoms with Gasteiger partial charge < -0.3 is 16.0 Å². The molecule has 0 aliphatic carbocycles. The summed E-state index contributed by atoms with van der Waals surface area (Å²) in [5, 5.41) is 2.63. The van der Waals surface area contributed by atoms with Gasteiger partial charge in [0.2, 0.25) is 5.91 Å². The molecule has 1 rings (SSSR count). The Morgan fingerprint density at radius 1 is 1.64 bits per heavy atom. The Morgan fingerprint density at radius 3 is 3.07 bits per heavy atom. The Kier molecular flexibility index (Phi) is 4.90. The van der Waals surface area contributed by atoms with E-state index in [2.05, 4.69) is 10.2 Å². The lowest BCUT2D eigenvalue weighted by Gasteiger charge is -2.30. The minimum Gasteiger partial charge on any atom is -0.359 e. The van der Waals surface area contributed by atoms with Gasteiger partial charge in [0.05, 0.1) is 0 Å². The lowest BCUT2D eigenvalue weighted by Crippen LogP contribution is -2.43. The Hall–Kier alpha value is -0.610. The Morgan fingerprint density at radius 2 is 2.43 bits per heavy atom. The number of nitrogens with zero attached hydrogens (tertiary/aromatic N) is 1. The first-order valence-electron chi connectivity index (χ1n) is 5.41. The molecule has 1 atom stereocenters. The van der Waals surface area contributed by atoms with E-state index in [1.165, 1.54) is 6.42 Å². The van der Waals surface area contributed by atoms with Gasteiger partial charge in [-0.15, -0.1) is 0 Å². The van der Waals surface area contributed by atoms with Gasteiger partial charge in [-0.2, -0.15) is 0 Å². The molecule has 0 saturated carbocycles. The molecule has 1 aliphatic heterocycles. The molecule has 0 aromatic carbocycles. The average molecular weight is 199 g/mol.